The largest absolute Gasteiger partial charge is 0.478 e. The van der Waals surface area contributed by atoms with E-state index in [9.17, 15) is 9.59 Å². The number of aryl methyl sites for hydroxylation is 1. The molecule has 6 heteroatoms. The molecule has 0 atom stereocenters. The molecule has 0 aliphatic rings. The topological polar surface area (TPSA) is 83.8 Å². The van der Waals surface area contributed by atoms with E-state index in [1.807, 2.05) is 12.3 Å². The van der Waals surface area contributed by atoms with Crippen LogP contribution in [0.4, 0.5) is 0 Å². The van der Waals surface area contributed by atoms with Gasteiger partial charge < -0.3 is 14.9 Å². The van der Waals surface area contributed by atoms with Crippen molar-refractivity contribution in [2.24, 2.45) is 0 Å². The normalized spacial score (nSPS) is 10.2. The van der Waals surface area contributed by atoms with Gasteiger partial charge in [0.15, 0.2) is 5.06 Å². The van der Waals surface area contributed by atoms with Gasteiger partial charge in [-0.25, -0.2) is 9.59 Å². The molecule has 0 unspecified atom stereocenters. The second-order valence-corrected chi connectivity index (χ2v) is 4.74. The summed E-state index contributed by atoms with van der Waals surface area (Å²) in [4.78, 5) is 22.0. The zero-order valence-electron chi connectivity index (χ0n) is 9.91. The lowest BCUT2D eigenvalue weighted by Gasteiger charge is -2.07. The minimum atomic E-state index is -1.17. The van der Waals surface area contributed by atoms with Crippen LogP contribution in [0.1, 0.15) is 26.3 Å². The smallest absolute Gasteiger partial charge is 0.339 e. The maximum Gasteiger partial charge on any atom is 0.339 e. The van der Waals surface area contributed by atoms with Crippen LogP contribution in [0.15, 0.2) is 29.6 Å². The average molecular weight is 278 g/mol. The lowest BCUT2D eigenvalue weighted by Crippen LogP contribution is -2.03. The molecule has 1 aromatic carbocycles. The minimum absolute atomic E-state index is 0.0201. The average Bonchev–Trinajstić information content (AvgIpc) is 2.74. The molecule has 19 heavy (non-hydrogen) atoms. The van der Waals surface area contributed by atoms with Crippen molar-refractivity contribution in [2.45, 2.75) is 6.92 Å². The molecule has 0 saturated carbocycles. The maximum atomic E-state index is 11.1. The summed E-state index contributed by atoms with van der Waals surface area (Å²) in [6.07, 6.45) is 0. The first kappa shape index (κ1) is 13.1. The van der Waals surface area contributed by atoms with Crippen molar-refractivity contribution in [3.8, 4) is 10.8 Å². The number of rotatable bonds is 4. The summed E-state index contributed by atoms with van der Waals surface area (Å²) in [7, 11) is 0. The Kier molecular flexibility index (Phi) is 3.52. The molecule has 0 spiro atoms. The molecule has 0 radical (unpaired) electrons. The van der Waals surface area contributed by atoms with E-state index in [-0.39, 0.29) is 16.9 Å². The van der Waals surface area contributed by atoms with Gasteiger partial charge in [-0.1, -0.05) is 0 Å². The first-order valence-electron chi connectivity index (χ1n) is 5.31. The Bertz CT molecular complexity index is 644. The van der Waals surface area contributed by atoms with Crippen LogP contribution in [0.2, 0.25) is 0 Å². The number of carbonyl (C=O) groups is 2. The van der Waals surface area contributed by atoms with E-state index >= 15 is 0 Å². The zero-order valence-corrected chi connectivity index (χ0v) is 10.7. The van der Waals surface area contributed by atoms with Crippen LogP contribution >= 0.6 is 11.3 Å². The minimum Gasteiger partial charge on any atom is -0.478 e. The Morgan fingerprint density at radius 3 is 2.42 bits per heavy atom. The highest BCUT2D eigenvalue weighted by molar-refractivity contribution is 7.12. The highest BCUT2D eigenvalue weighted by atomic mass is 32.1. The van der Waals surface area contributed by atoms with Gasteiger partial charge in [-0.2, -0.15) is 0 Å². The van der Waals surface area contributed by atoms with E-state index < -0.39 is 11.9 Å². The van der Waals surface area contributed by atoms with E-state index in [0.717, 1.165) is 5.56 Å². The second-order valence-electron chi connectivity index (χ2n) is 3.87. The van der Waals surface area contributed by atoms with Gasteiger partial charge in [0.25, 0.3) is 0 Å². The van der Waals surface area contributed by atoms with Crippen molar-refractivity contribution in [3.05, 3.63) is 46.3 Å². The van der Waals surface area contributed by atoms with Crippen molar-refractivity contribution in [3.63, 3.8) is 0 Å². The van der Waals surface area contributed by atoms with Crippen LogP contribution in [0, 0.1) is 6.92 Å². The summed E-state index contributed by atoms with van der Waals surface area (Å²) in [5.74, 6) is -2.28. The number of hydrogen-bond donors (Lipinski definition) is 2. The first-order valence-corrected chi connectivity index (χ1v) is 6.19. The van der Waals surface area contributed by atoms with E-state index in [2.05, 4.69) is 0 Å². The fourth-order valence-electron chi connectivity index (χ4n) is 1.48. The molecule has 0 saturated heterocycles. The van der Waals surface area contributed by atoms with E-state index in [1.54, 1.807) is 6.07 Å². The fraction of sp³-hybridized carbons (Fsp3) is 0.0769. The molecule has 2 N–H and O–H groups in total. The summed E-state index contributed by atoms with van der Waals surface area (Å²) in [5.41, 5.74) is 0.899. The lowest BCUT2D eigenvalue weighted by atomic mass is 10.1. The predicted octanol–water partition coefficient (Wildman–Crippen LogP) is 3.25. The van der Waals surface area contributed by atoms with Gasteiger partial charge in [0.2, 0.25) is 0 Å². The Morgan fingerprint density at radius 2 is 1.89 bits per heavy atom. The predicted molar refractivity (Wildman–Crippen MR) is 69.5 cm³/mol. The molecule has 0 bridgehead atoms. The summed E-state index contributed by atoms with van der Waals surface area (Å²) in [6.45, 7) is 1.88. The number of aromatic carboxylic acids is 2. The van der Waals surface area contributed by atoms with Gasteiger partial charge in [-0.15, -0.1) is 11.3 Å². The van der Waals surface area contributed by atoms with Crippen LogP contribution in [-0.4, -0.2) is 22.2 Å². The SMILES string of the molecule is Cc1csc(Oc2cc(C(=O)O)ccc2C(=O)O)c1. The highest BCUT2D eigenvalue weighted by Crippen LogP contribution is 2.31. The number of carboxylic acid groups (broad SMARTS) is 2. The van der Waals surface area contributed by atoms with E-state index in [0.29, 0.717) is 5.06 Å². The Labute approximate surface area is 112 Å². The molecular formula is C13H10O5S. The first-order chi connectivity index (χ1) is 8.97. The van der Waals surface area contributed by atoms with Crippen molar-refractivity contribution >= 4 is 23.3 Å². The van der Waals surface area contributed by atoms with Crippen molar-refractivity contribution in [1.29, 1.82) is 0 Å². The molecular weight excluding hydrogens is 268 g/mol. The number of carboxylic acids is 2. The Balaban J connectivity index is 2.42. The van der Waals surface area contributed by atoms with Crippen LogP contribution in [0.3, 0.4) is 0 Å². The number of hydrogen-bond acceptors (Lipinski definition) is 4. The monoisotopic (exact) mass is 278 g/mol. The Morgan fingerprint density at radius 1 is 1.16 bits per heavy atom. The molecule has 1 heterocycles. The van der Waals surface area contributed by atoms with Gasteiger partial charge in [-0.3, -0.25) is 0 Å². The fourth-order valence-corrected chi connectivity index (χ4v) is 2.25. The van der Waals surface area contributed by atoms with Gasteiger partial charge in [0.05, 0.1) is 5.56 Å². The third-order valence-corrected chi connectivity index (χ3v) is 3.30. The zero-order chi connectivity index (χ0) is 14.0. The van der Waals surface area contributed by atoms with Crippen LogP contribution in [0.25, 0.3) is 0 Å². The van der Waals surface area contributed by atoms with Crippen molar-refractivity contribution in [2.75, 3.05) is 0 Å². The van der Waals surface area contributed by atoms with Gasteiger partial charge >= 0.3 is 11.9 Å². The molecule has 0 fully saturated rings. The summed E-state index contributed by atoms with van der Waals surface area (Å²) < 4.78 is 5.46. The number of benzene rings is 1. The Hall–Kier alpha value is -2.34. The van der Waals surface area contributed by atoms with Crippen LogP contribution in [0.5, 0.6) is 10.8 Å². The summed E-state index contributed by atoms with van der Waals surface area (Å²) in [5, 5.41) is 20.3. The van der Waals surface area contributed by atoms with Crippen LogP contribution < -0.4 is 4.74 Å². The van der Waals surface area contributed by atoms with E-state index in [1.165, 1.54) is 29.5 Å². The van der Waals surface area contributed by atoms with Crippen molar-refractivity contribution in [1.82, 2.24) is 0 Å². The van der Waals surface area contributed by atoms with Gasteiger partial charge in [0.1, 0.15) is 11.3 Å². The van der Waals surface area contributed by atoms with Crippen molar-refractivity contribution < 1.29 is 24.5 Å². The summed E-state index contributed by atoms with van der Waals surface area (Å²) >= 11 is 1.32. The molecule has 2 aromatic rings. The molecule has 0 aliphatic heterocycles. The molecule has 2 rings (SSSR count). The molecule has 0 amide bonds. The highest BCUT2D eigenvalue weighted by Gasteiger charge is 2.15. The maximum absolute atomic E-state index is 11.1. The summed E-state index contributed by atoms with van der Waals surface area (Å²) in [6, 6.07) is 5.42. The number of ether oxygens (including phenoxy) is 1. The third kappa shape index (κ3) is 2.92. The molecule has 1 aromatic heterocycles. The third-order valence-electron chi connectivity index (χ3n) is 2.38. The second kappa shape index (κ2) is 5.11. The van der Waals surface area contributed by atoms with Crippen LogP contribution in [-0.2, 0) is 0 Å². The quantitative estimate of drug-likeness (QED) is 0.896. The molecule has 5 nitrogen and oxygen atoms in total. The number of thiophene rings is 1. The van der Waals surface area contributed by atoms with Gasteiger partial charge in [0, 0.05) is 0 Å². The standard InChI is InChI=1S/C13H10O5S/c1-7-4-11(19-6-7)18-10-5-8(12(14)15)2-3-9(10)13(16)17/h2-6H,1H3,(H,14,15)(H,16,17). The van der Waals surface area contributed by atoms with E-state index in [4.69, 9.17) is 14.9 Å². The van der Waals surface area contributed by atoms with Gasteiger partial charge in [-0.05, 0) is 42.1 Å². The molecule has 98 valence electrons. The molecule has 0 aliphatic carbocycles. The lowest BCUT2D eigenvalue weighted by molar-refractivity contribution is 0.0678.